The van der Waals surface area contributed by atoms with Crippen LogP contribution < -0.4 is 0 Å². The molecule has 1 aromatic rings. The number of nitrogens with zero attached hydrogens (tertiary/aromatic N) is 1. The lowest BCUT2D eigenvalue weighted by Crippen LogP contribution is -1.94. The summed E-state index contributed by atoms with van der Waals surface area (Å²) in [6.07, 6.45) is 1.72. The summed E-state index contributed by atoms with van der Waals surface area (Å²) >= 11 is 0. The summed E-state index contributed by atoms with van der Waals surface area (Å²) in [4.78, 5) is 0. The van der Waals surface area contributed by atoms with Crippen molar-refractivity contribution in [1.82, 2.24) is 0 Å². The van der Waals surface area contributed by atoms with Gasteiger partial charge >= 0.3 is 0 Å². The van der Waals surface area contributed by atoms with Crippen LogP contribution in [0.3, 0.4) is 0 Å². The molecule has 1 rings (SSSR count). The Morgan fingerprint density at radius 3 is 2.71 bits per heavy atom. The predicted octanol–water partition coefficient (Wildman–Crippen LogP) is 2.58. The van der Waals surface area contributed by atoms with Crippen LogP contribution in [-0.4, -0.2) is 5.11 Å². The topological polar surface area (TPSA) is 44.0 Å². The van der Waals surface area contributed by atoms with Crippen molar-refractivity contribution in [3.63, 3.8) is 0 Å². The number of hydrogen-bond acceptors (Lipinski definition) is 2. The first-order valence-electron chi connectivity index (χ1n) is 4.54. The molecule has 0 bridgehead atoms. The average Bonchev–Trinajstić information content (AvgIpc) is 2.26. The van der Waals surface area contributed by atoms with Gasteiger partial charge < -0.3 is 5.11 Å². The molecule has 2 heteroatoms. The van der Waals surface area contributed by atoms with E-state index in [4.69, 9.17) is 5.26 Å². The van der Waals surface area contributed by atoms with E-state index in [0.717, 1.165) is 5.56 Å². The van der Waals surface area contributed by atoms with Gasteiger partial charge in [0, 0.05) is 5.57 Å². The summed E-state index contributed by atoms with van der Waals surface area (Å²) in [7, 11) is 0. The zero-order chi connectivity index (χ0) is 10.4. The Hall–Kier alpha value is -1.59. The normalized spacial score (nSPS) is 13.4. The molecule has 0 aliphatic carbocycles. The highest BCUT2D eigenvalue weighted by molar-refractivity contribution is 5.21. The van der Waals surface area contributed by atoms with E-state index in [0.29, 0.717) is 12.0 Å². The number of allylic oxidation sites excluding steroid dienone is 1. The zero-order valence-electron chi connectivity index (χ0n) is 8.14. The van der Waals surface area contributed by atoms with Crippen LogP contribution in [0.2, 0.25) is 0 Å². The second-order valence-electron chi connectivity index (χ2n) is 3.16. The maximum atomic E-state index is 9.71. The smallest absolute Gasteiger partial charge is 0.0940 e. The number of nitriles is 1. The van der Waals surface area contributed by atoms with E-state index in [1.807, 2.05) is 36.4 Å². The van der Waals surface area contributed by atoms with Gasteiger partial charge in [0.1, 0.15) is 0 Å². The lowest BCUT2D eigenvalue weighted by Gasteiger charge is -2.07. The van der Waals surface area contributed by atoms with Crippen LogP contribution in [-0.2, 0) is 0 Å². The third-order valence-corrected chi connectivity index (χ3v) is 2.01. The standard InChI is InChI=1S/C12H13NO/c1-10(9-13)7-8-12(14)11-5-3-2-4-6-11/h2-7,12,14H,8H2,1H3/b10-7-. The summed E-state index contributed by atoms with van der Waals surface area (Å²) < 4.78 is 0. The molecule has 0 radical (unpaired) electrons. The summed E-state index contributed by atoms with van der Waals surface area (Å²) in [5.41, 5.74) is 1.52. The third kappa shape index (κ3) is 3.04. The fourth-order valence-electron chi connectivity index (χ4n) is 1.15. The molecule has 1 unspecified atom stereocenters. The molecule has 14 heavy (non-hydrogen) atoms. The average molecular weight is 187 g/mol. The monoisotopic (exact) mass is 187 g/mol. The van der Waals surface area contributed by atoms with Gasteiger partial charge in [-0.05, 0) is 18.9 Å². The summed E-state index contributed by atoms with van der Waals surface area (Å²) in [6.45, 7) is 1.73. The molecule has 72 valence electrons. The second kappa shape index (κ2) is 5.21. The maximum Gasteiger partial charge on any atom is 0.0940 e. The molecule has 0 fully saturated rings. The number of benzene rings is 1. The van der Waals surface area contributed by atoms with Crippen molar-refractivity contribution in [2.45, 2.75) is 19.4 Å². The quantitative estimate of drug-likeness (QED) is 0.739. The third-order valence-electron chi connectivity index (χ3n) is 2.01. The minimum atomic E-state index is -0.514. The van der Waals surface area contributed by atoms with Crippen LogP contribution in [0.25, 0.3) is 0 Å². The number of hydrogen-bond donors (Lipinski definition) is 1. The van der Waals surface area contributed by atoms with E-state index in [2.05, 4.69) is 0 Å². The Labute approximate surface area is 84.1 Å². The zero-order valence-corrected chi connectivity index (χ0v) is 8.14. The van der Waals surface area contributed by atoms with Crippen LogP contribution in [0.15, 0.2) is 42.0 Å². The molecule has 2 nitrogen and oxygen atoms in total. The van der Waals surface area contributed by atoms with E-state index < -0.39 is 6.10 Å². The van der Waals surface area contributed by atoms with Crippen molar-refractivity contribution in [2.24, 2.45) is 0 Å². The number of rotatable bonds is 3. The van der Waals surface area contributed by atoms with Crippen LogP contribution >= 0.6 is 0 Å². The Bertz CT molecular complexity index is 348. The predicted molar refractivity (Wildman–Crippen MR) is 55.4 cm³/mol. The van der Waals surface area contributed by atoms with E-state index >= 15 is 0 Å². The summed E-state index contributed by atoms with van der Waals surface area (Å²) in [5, 5.41) is 18.2. The van der Waals surface area contributed by atoms with Gasteiger partial charge in [-0.1, -0.05) is 36.4 Å². The van der Waals surface area contributed by atoms with E-state index in [-0.39, 0.29) is 0 Å². The Morgan fingerprint density at radius 2 is 2.14 bits per heavy atom. The van der Waals surface area contributed by atoms with Gasteiger partial charge in [-0.2, -0.15) is 5.26 Å². The highest BCUT2D eigenvalue weighted by atomic mass is 16.3. The highest BCUT2D eigenvalue weighted by Crippen LogP contribution is 2.16. The van der Waals surface area contributed by atoms with Crippen molar-refractivity contribution in [3.8, 4) is 6.07 Å². The first-order valence-corrected chi connectivity index (χ1v) is 4.54. The largest absolute Gasteiger partial charge is 0.388 e. The minimum absolute atomic E-state index is 0.489. The SMILES string of the molecule is C/C(C#N)=C/CC(O)c1ccccc1. The molecule has 1 N–H and O–H groups in total. The lowest BCUT2D eigenvalue weighted by atomic mass is 10.1. The molecular weight excluding hydrogens is 174 g/mol. The first-order chi connectivity index (χ1) is 6.74. The van der Waals surface area contributed by atoms with E-state index in [9.17, 15) is 5.11 Å². The molecule has 0 saturated carbocycles. The van der Waals surface area contributed by atoms with Gasteiger partial charge in [0.2, 0.25) is 0 Å². The van der Waals surface area contributed by atoms with E-state index in [1.165, 1.54) is 0 Å². The summed E-state index contributed by atoms with van der Waals surface area (Å²) in [5.74, 6) is 0. The molecule has 1 aromatic carbocycles. The maximum absolute atomic E-state index is 9.71. The van der Waals surface area contributed by atoms with Crippen molar-refractivity contribution in [2.75, 3.05) is 0 Å². The molecule has 0 heterocycles. The molecule has 0 aliphatic rings. The molecule has 0 spiro atoms. The fourth-order valence-corrected chi connectivity index (χ4v) is 1.15. The molecule has 0 saturated heterocycles. The molecule has 0 amide bonds. The van der Waals surface area contributed by atoms with Crippen molar-refractivity contribution < 1.29 is 5.11 Å². The Balaban J connectivity index is 2.61. The second-order valence-corrected chi connectivity index (χ2v) is 3.16. The van der Waals surface area contributed by atoms with Crippen LogP contribution in [0.1, 0.15) is 25.0 Å². The number of aliphatic hydroxyl groups excluding tert-OH is 1. The summed E-state index contributed by atoms with van der Waals surface area (Å²) in [6, 6.07) is 11.5. The van der Waals surface area contributed by atoms with Gasteiger partial charge in [-0.15, -0.1) is 0 Å². The molecule has 0 aliphatic heterocycles. The van der Waals surface area contributed by atoms with Gasteiger partial charge in [0.25, 0.3) is 0 Å². The van der Waals surface area contributed by atoms with Gasteiger partial charge in [0.05, 0.1) is 12.2 Å². The minimum Gasteiger partial charge on any atom is -0.388 e. The van der Waals surface area contributed by atoms with Crippen LogP contribution in [0, 0.1) is 11.3 Å². The molecule has 0 aromatic heterocycles. The van der Waals surface area contributed by atoms with E-state index in [1.54, 1.807) is 13.0 Å². The Kier molecular flexibility index (Phi) is 3.90. The Morgan fingerprint density at radius 1 is 1.50 bits per heavy atom. The van der Waals surface area contributed by atoms with Crippen molar-refractivity contribution >= 4 is 0 Å². The van der Waals surface area contributed by atoms with Gasteiger partial charge in [-0.25, -0.2) is 0 Å². The number of aliphatic hydroxyl groups is 1. The van der Waals surface area contributed by atoms with Crippen molar-refractivity contribution in [3.05, 3.63) is 47.5 Å². The van der Waals surface area contributed by atoms with Crippen LogP contribution in [0.5, 0.6) is 0 Å². The molecule has 1 atom stereocenters. The van der Waals surface area contributed by atoms with Gasteiger partial charge in [-0.3, -0.25) is 0 Å². The first kappa shape index (κ1) is 10.5. The molecular formula is C12H13NO. The fraction of sp³-hybridized carbons (Fsp3) is 0.250. The van der Waals surface area contributed by atoms with Gasteiger partial charge in [0.15, 0.2) is 0 Å². The van der Waals surface area contributed by atoms with Crippen LogP contribution in [0.4, 0.5) is 0 Å². The van der Waals surface area contributed by atoms with Crippen molar-refractivity contribution in [1.29, 1.82) is 5.26 Å². The lowest BCUT2D eigenvalue weighted by molar-refractivity contribution is 0.181. The highest BCUT2D eigenvalue weighted by Gasteiger charge is 2.03.